The van der Waals surface area contributed by atoms with Crippen molar-refractivity contribution in [3.05, 3.63) is 94.8 Å². The average Bonchev–Trinajstić information content (AvgIpc) is 2.86. The lowest BCUT2D eigenvalue weighted by Gasteiger charge is -2.13. The van der Waals surface area contributed by atoms with Crippen LogP contribution in [0.1, 0.15) is 31.2 Å². The van der Waals surface area contributed by atoms with Crippen LogP contribution in [0.2, 0.25) is 0 Å². The monoisotopic (exact) mass is 476 g/mol. The third kappa shape index (κ3) is 6.08. The van der Waals surface area contributed by atoms with E-state index in [4.69, 9.17) is 4.98 Å². The van der Waals surface area contributed by atoms with E-state index in [0.717, 1.165) is 30.6 Å². The fourth-order valence-electron chi connectivity index (χ4n) is 3.55. The first-order chi connectivity index (χ1) is 16.6. The van der Waals surface area contributed by atoms with Gasteiger partial charge in [-0.25, -0.2) is 9.37 Å². The van der Waals surface area contributed by atoms with Gasteiger partial charge in [0.05, 0.1) is 16.6 Å². The van der Waals surface area contributed by atoms with E-state index in [0.29, 0.717) is 34.7 Å². The van der Waals surface area contributed by atoms with E-state index < -0.39 is 0 Å². The van der Waals surface area contributed by atoms with Crippen molar-refractivity contribution >= 4 is 28.6 Å². The highest BCUT2D eigenvalue weighted by atomic mass is 32.2. The SMILES string of the molecule is O=C(CCCCCSc1nc2ccccc2c(=O)n1-c1ccc(F)cc1)NCc1cccnc1. The van der Waals surface area contributed by atoms with Gasteiger partial charge in [-0.15, -0.1) is 0 Å². The van der Waals surface area contributed by atoms with E-state index in [1.807, 2.05) is 24.3 Å². The van der Waals surface area contributed by atoms with Crippen molar-refractivity contribution in [2.45, 2.75) is 37.4 Å². The lowest BCUT2D eigenvalue weighted by Crippen LogP contribution is -2.22. The highest BCUT2D eigenvalue weighted by Crippen LogP contribution is 2.23. The Hall–Kier alpha value is -3.52. The van der Waals surface area contributed by atoms with Crippen molar-refractivity contribution in [1.82, 2.24) is 19.9 Å². The molecule has 0 spiro atoms. The zero-order valence-electron chi connectivity index (χ0n) is 18.6. The molecule has 6 nitrogen and oxygen atoms in total. The van der Waals surface area contributed by atoms with E-state index in [1.165, 1.54) is 23.9 Å². The first-order valence-corrected chi connectivity index (χ1v) is 12.2. The molecule has 2 heterocycles. The molecule has 2 aromatic heterocycles. The zero-order valence-corrected chi connectivity index (χ0v) is 19.4. The van der Waals surface area contributed by atoms with Crippen molar-refractivity contribution in [2.24, 2.45) is 0 Å². The van der Waals surface area contributed by atoms with Crippen LogP contribution in [0.3, 0.4) is 0 Å². The number of unbranched alkanes of at least 4 members (excludes halogenated alkanes) is 2. The molecule has 0 aliphatic rings. The molecule has 0 fully saturated rings. The first kappa shape index (κ1) is 23.6. The molecule has 2 aromatic carbocycles. The number of nitrogens with zero attached hydrogens (tertiary/aromatic N) is 3. The van der Waals surface area contributed by atoms with Gasteiger partial charge in [-0.05, 0) is 60.9 Å². The molecular weight excluding hydrogens is 451 g/mol. The van der Waals surface area contributed by atoms with Crippen molar-refractivity contribution in [3.8, 4) is 5.69 Å². The smallest absolute Gasteiger partial charge is 0.266 e. The molecule has 0 saturated heterocycles. The number of para-hydroxylation sites is 1. The van der Waals surface area contributed by atoms with Crippen LogP contribution in [-0.2, 0) is 11.3 Å². The van der Waals surface area contributed by atoms with Gasteiger partial charge in [0.1, 0.15) is 5.82 Å². The minimum atomic E-state index is -0.357. The van der Waals surface area contributed by atoms with Gasteiger partial charge in [-0.1, -0.05) is 36.4 Å². The summed E-state index contributed by atoms with van der Waals surface area (Å²) in [5, 5.41) is 4.00. The topological polar surface area (TPSA) is 76.9 Å². The fourth-order valence-corrected chi connectivity index (χ4v) is 4.56. The van der Waals surface area contributed by atoms with Crippen molar-refractivity contribution in [2.75, 3.05) is 5.75 Å². The summed E-state index contributed by atoms with van der Waals surface area (Å²) in [4.78, 5) is 34.0. The van der Waals surface area contributed by atoms with Crippen LogP contribution in [0.5, 0.6) is 0 Å². The predicted octanol–water partition coefficient (Wildman–Crippen LogP) is 4.89. The number of pyridine rings is 1. The van der Waals surface area contributed by atoms with Crippen LogP contribution in [0, 0.1) is 5.82 Å². The van der Waals surface area contributed by atoms with Crippen molar-refractivity contribution in [3.63, 3.8) is 0 Å². The molecule has 1 amide bonds. The van der Waals surface area contributed by atoms with Gasteiger partial charge >= 0.3 is 0 Å². The number of hydrogen-bond donors (Lipinski definition) is 1. The molecule has 0 saturated carbocycles. The Morgan fingerprint density at radius 3 is 2.62 bits per heavy atom. The maximum Gasteiger partial charge on any atom is 0.266 e. The quantitative estimate of drug-likeness (QED) is 0.200. The Balaban J connectivity index is 1.33. The summed E-state index contributed by atoms with van der Waals surface area (Å²) in [7, 11) is 0. The first-order valence-electron chi connectivity index (χ1n) is 11.2. The minimum absolute atomic E-state index is 0.0258. The van der Waals surface area contributed by atoms with Crippen LogP contribution >= 0.6 is 11.8 Å². The minimum Gasteiger partial charge on any atom is -0.352 e. The zero-order chi connectivity index (χ0) is 23.8. The Kier molecular flexibility index (Phi) is 8.04. The van der Waals surface area contributed by atoms with E-state index in [-0.39, 0.29) is 17.3 Å². The van der Waals surface area contributed by atoms with Crippen LogP contribution < -0.4 is 10.9 Å². The molecule has 0 radical (unpaired) electrons. The Morgan fingerprint density at radius 2 is 1.82 bits per heavy atom. The van der Waals surface area contributed by atoms with Crippen LogP contribution in [0.25, 0.3) is 16.6 Å². The second-order valence-corrected chi connectivity index (χ2v) is 8.89. The highest BCUT2D eigenvalue weighted by Gasteiger charge is 2.13. The molecule has 1 N–H and O–H groups in total. The molecule has 8 heteroatoms. The number of fused-ring (bicyclic) bond motifs is 1. The summed E-state index contributed by atoms with van der Waals surface area (Å²) in [6.45, 7) is 0.483. The number of carbonyl (C=O) groups is 1. The average molecular weight is 477 g/mol. The molecular formula is C26H25FN4O2S. The predicted molar refractivity (Wildman–Crippen MR) is 133 cm³/mol. The van der Waals surface area contributed by atoms with Gasteiger partial charge in [0.2, 0.25) is 5.91 Å². The number of rotatable bonds is 10. The summed E-state index contributed by atoms with van der Waals surface area (Å²) < 4.78 is 15.0. The van der Waals surface area contributed by atoms with Crippen LogP contribution in [-0.4, -0.2) is 26.2 Å². The second kappa shape index (κ2) is 11.6. The van der Waals surface area contributed by atoms with Gasteiger partial charge in [0.25, 0.3) is 5.56 Å². The van der Waals surface area contributed by atoms with Gasteiger partial charge in [-0.3, -0.25) is 19.1 Å². The Bertz CT molecular complexity index is 1310. The molecule has 0 aliphatic heterocycles. The lowest BCUT2D eigenvalue weighted by atomic mass is 10.2. The van der Waals surface area contributed by atoms with E-state index in [9.17, 15) is 14.0 Å². The Morgan fingerprint density at radius 1 is 1.00 bits per heavy atom. The van der Waals surface area contributed by atoms with E-state index >= 15 is 0 Å². The summed E-state index contributed by atoms with van der Waals surface area (Å²) in [5.74, 6) is 0.422. The largest absolute Gasteiger partial charge is 0.352 e. The van der Waals surface area contributed by atoms with Gasteiger partial charge in [0, 0.05) is 31.1 Å². The summed E-state index contributed by atoms with van der Waals surface area (Å²) in [6, 6.07) is 16.8. The van der Waals surface area contributed by atoms with Crippen molar-refractivity contribution in [1.29, 1.82) is 0 Å². The lowest BCUT2D eigenvalue weighted by molar-refractivity contribution is -0.121. The molecule has 34 heavy (non-hydrogen) atoms. The molecule has 4 rings (SSSR count). The third-order valence-corrected chi connectivity index (χ3v) is 6.35. The molecule has 0 unspecified atom stereocenters. The second-order valence-electron chi connectivity index (χ2n) is 7.83. The maximum absolute atomic E-state index is 13.4. The fraction of sp³-hybridized carbons (Fsp3) is 0.231. The summed E-state index contributed by atoms with van der Waals surface area (Å²) >= 11 is 1.49. The Labute approximate surface area is 201 Å². The summed E-state index contributed by atoms with van der Waals surface area (Å²) in [5.41, 5.74) is 2.02. The third-order valence-electron chi connectivity index (χ3n) is 5.32. The van der Waals surface area contributed by atoms with Gasteiger partial charge < -0.3 is 5.32 Å². The number of carbonyl (C=O) groups excluding carboxylic acids is 1. The number of halogens is 1. The molecule has 174 valence electrons. The molecule has 0 aliphatic carbocycles. The number of aromatic nitrogens is 3. The molecule has 4 aromatic rings. The van der Waals surface area contributed by atoms with Gasteiger partial charge in [0.15, 0.2) is 5.16 Å². The van der Waals surface area contributed by atoms with Crippen LogP contribution in [0.4, 0.5) is 4.39 Å². The maximum atomic E-state index is 13.4. The highest BCUT2D eigenvalue weighted by molar-refractivity contribution is 7.99. The van der Waals surface area contributed by atoms with Crippen molar-refractivity contribution < 1.29 is 9.18 Å². The number of amides is 1. The number of nitrogens with one attached hydrogen (secondary N) is 1. The number of benzene rings is 2. The van der Waals surface area contributed by atoms with Gasteiger partial charge in [-0.2, -0.15) is 0 Å². The normalized spacial score (nSPS) is 11.0. The number of thioether (sulfide) groups is 1. The van der Waals surface area contributed by atoms with Crippen LogP contribution in [0.15, 0.2) is 83.0 Å². The molecule has 0 bridgehead atoms. The van der Waals surface area contributed by atoms with E-state index in [1.54, 1.807) is 41.2 Å². The standard InChI is InChI=1S/C26H25FN4O2S/c27-20-11-13-21(14-12-20)31-25(33)22-8-3-4-9-23(22)30-26(31)34-16-5-1-2-10-24(32)29-18-19-7-6-15-28-17-19/h3-4,6-9,11-15,17H,1-2,5,10,16,18H2,(H,29,32). The molecule has 0 atom stereocenters. The summed E-state index contributed by atoms with van der Waals surface area (Å²) in [6.07, 6.45) is 6.47. The van der Waals surface area contributed by atoms with E-state index in [2.05, 4.69) is 10.3 Å². The number of hydrogen-bond acceptors (Lipinski definition) is 5.